The number of hydrogen-bond donors (Lipinski definition) is 0. The maximum absolute atomic E-state index is 12.4. The highest BCUT2D eigenvalue weighted by Gasteiger charge is 2.55. The second-order valence-corrected chi connectivity index (χ2v) is 7.53. The standard InChI is InChI=1S/C20H25N3O3/c1-2-20(24)22-18-11-12-19(22)17-10-9-16(18)21(17)13-3-4-14-5-7-15(8-6-14)23(25)26/h3-8,16-19H,2,9-13H2,1H3. The Morgan fingerprint density at radius 1 is 1.12 bits per heavy atom. The molecule has 1 amide bonds. The molecule has 4 rings (SSSR count). The van der Waals surface area contributed by atoms with E-state index in [0.717, 1.165) is 24.9 Å². The Labute approximate surface area is 153 Å². The number of non-ortho nitro benzene ring substituents is 1. The molecule has 6 nitrogen and oxygen atoms in total. The van der Waals surface area contributed by atoms with Crippen molar-refractivity contribution < 1.29 is 9.72 Å². The van der Waals surface area contributed by atoms with Crippen molar-refractivity contribution in [3.63, 3.8) is 0 Å². The number of carbonyl (C=O) groups excluding carboxylic acids is 1. The van der Waals surface area contributed by atoms with Crippen LogP contribution in [0, 0.1) is 10.1 Å². The molecule has 0 N–H and O–H groups in total. The van der Waals surface area contributed by atoms with Crippen molar-refractivity contribution in [2.24, 2.45) is 0 Å². The third-order valence-corrected chi connectivity index (χ3v) is 6.29. The Balaban J connectivity index is 1.44. The zero-order valence-corrected chi connectivity index (χ0v) is 15.1. The lowest BCUT2D eigenvalue weighted by Crippen LogP contribution is -2.61. The van der Waals surface area contributed by atoms with Gasteiger partial charge in [-0.15, -0.1) is 0 Å². The highest BCUT2D eigenvalue weighted by Crippen LogP contribution is 2.45. The van der Waals surface area contributed by atoms with E-state index in [4.69, 9.17) is 0 Å². The summed E-state index contributed by atoms with van der Waals surface area (Å²) >= 11 is 0. The second kappa shape index (κ2) is 6.83. The van der Waals surface area contributed by atoms with Gasteiger partial charge in [-0.2, -0.15) is 0 Å². The lowest BCUT2D eigenvalue weighted by atomic mass is 10.0. The maximum atomic E-state index is 12.4. The molecule has 4 atom stereocenters. The van der Waals surface area contributed by atoms with Gasteiger partial charge in [0.25, 0.3) is 5.69 Å². The fourth-order valence-electron chi connectivity index (χ4n) is 5.21. The summed E-state index contributed by atoms with van der Waals surface area (Å²) in [6.45, 7) is 2.84. The average molecular weight is 355 g/mol. The molecule has 1 aromatic rings. The highest BCUT2D eigenvalue weighted by molar-refractivity contribution is 5.77. The summed E-state index contributed by atoms with van der Waals surface area (Å²) in [4.78, 5) is 27.5. The van der Waals surface area contributed by atoms with Crippen LogP contribution in [0.1, 0.15) is 44.6 Å². The lowest BCUT2D eigenvalue weighted by Gasteiger charge is -2.46. The van der Waals surface area contributed by atoms with E-state index in [1.54, 1.807) is 24.3 Å². The zero-order valence-electron chi connectivity index (χ0n) is 15.1. The molecule has 0 aliphatic carbocycles. The lowest BCUT2D eigenvalue weighted by molar-refractivity contribution is -0.384. The van der Waals surface area contributed by atoms with Crippen LogP contribution < -0.4 is 0 Å². The molecule has 3 fully saturated rings. The van der Waals surface area contributed by atoms with Gasteiger partial charge in [0.1, 0.15) is 0 Å². The Bertz CT molecular complexity index is 710. The maximum Gasteiger partial charge on any atom is 0.269 e. The zero-order chi connectivity index (χ0) is 18.3. The number of nitro groups is 1. The van der Waals surface area contributed by atoms with Gasteiger partial charge < -0.3 is 4.90 Å². The summed E-state index contributed by atoms with van der Waals surface area (Å²) in [5, 5.41) is 10.7. The Morgan fingerprint density at radius 3 is 2.23 bits per heavy atom. The van der Waals surface area contributed by atoms with E-state index in [2.05, 4.69) is 15.9 Å². The molecule has 0 radical (unpaired) electrons. The van der Waals surface area contributed by atoms with Gasteiger partial charge in [-0.05, 0) is 43.4 Å². The summed E-state index contributed by atoms with van der Waals surface area (Å²) < 4.78 is 0. The number of piperazine rings is 1. The number of carbonyl (C=O) groups is 1. The summed E-state index contributed by atoms with van der Waals surface area (Å²) in [7, 11) is 0. The van der Waals surface area contributed by atoms with Crippen LogP contribution in [-0.4, -0.2) is 51.3 Å². The van der Waals surface area contributed by atoms with E-state index in [-0.39, 0.29) is 10.6 Å². The second-order valence-electron chi connectivity index (χ2n) is 7.53. The van der Waals surface area contributed by atoms with Crippen molar-refractivity contribution >= 4 is 17.7 Å². The molecule has 0 spiro atoms. The predicted octanol–water partition coefficient (Wildman–Crippen LogP) is 3.22. The molecule has 3 saturated heterocycles. The molecule has 4 unspecified atom stereocenters. The number of benzene rings is 1. The molecular formula is C20H25N3O3. The molecule has 4 bridgehead atoms. The van der Waals surface area contributed by atoms with E-state index in [1.165, 1.54) is 12.8 Å². The van der Waals surface area contributed by atoms with Crippen LogP contribution in [-0.2, 0) is 4.79 Å². The van der Waals surface area contributed by atoms with E-state index < -0.39 is 0 Å². The van der Waals surface area contributed by atoms with Crippen molar-refractivity contribution in [3.8, 4) is 0 Å². The molecule has 3 aliphatic rings. The first-order chi connectivity index (χ1) is 12.6. The fourth-order valence-corrected chi connectivity index (χ4v) is 5.21. The van der Waals surface area contributed by atoms with Crippen LogP contribution in [0.3, 0.4) is 0 Å². The largest absolute Gasteiger partial charge is 0.334 e. The highest BCUT2D eigenvalue weighted by atomic mass is 16.6. The molecule has 3 aliphatic heterocycles. The van der Waals surface area contributed by atoms with Crippen LogP contribution in [0.25, 0.3) is 6.08 Å². The van der Waals surface area contributed by atoms with E-state index >= 15 is 0 Å². The molecule has 0 saturated carbocycles. The SMILES string of the molecule is CCC(=O)N1C2CCC1C1CCC2N1CC=Cc1ccc([N+](=O)[O-])cc1. The van der Waals surface area contributed by atoms with Crippen molar-refractivity contribution in [2.75, 3.05) is 6.54 Å². The average Bonchev–Trinajstić information content (AvgIpc) is 3.16. The predicted molar refractivity (Wildman–Crippen MR) is 99.6 cm³/mol. The number of rotatable bonds is 5. The first kappa shape index (κ1) is 17.2. The van der Waals surface area contributed by atoms with Gasteiger partial charge in [-0.25, -0.2) is 0 Å². The van der Waals surface area contributed by atoms with Gasteiger partial charge >= 0.3 is 0 Å². The van der Waals surface area contributed by atoms with Gasteiger partial charge in [-0.3, -0.25) is 19.8 Å². The first-order valence-corrected chi connectivity index (χ1v) is 9.58. The number of nitro benzene ring substituents is 1. The molecule has 0 aromatic heterocycles. The summed E-state index contributed by atoms with van der Waals surface area (Å²) in [6, 6.07) is 8.39. The van der Waals surface area contributed by atoms with E-state index in [9.17, 15) is 14.9 Å². The molecule has 3 heterocycles. The molecule has 1 aromatic carbocycles. The van der Waals surface area contributed by atoms with Crippen LogP contribution in [0.2, 0.25) is 0 Å². The molecule has 6 heteroatoms. The minimum absolute atomic E-state index is 0.119. The molecular weight excluding hydrogens is 330 g/mol. The van der Waals surface area contributed by atoms with E-state index in [0.29, 0.717) is 36.5 Å². The van der Waals surface area contributed by atoms with Gasteiger partial charge in [0.05, 0.1) is 4.92 Å². The number of hydrogen-bond acceptors (Lipinski definition) is 4. The van der Waals surface area contributed by atoms with Crippen LogP contribution in [0.4, 0.5) is 5.69 Å². The van der Waals surface area contributed by atoms with Gasteiger partial charge in [-0.1, -0.05) is 19.1 Å². The van der Waals surface area contributed by atoms with Gasteiger partial charge in [0.15, 0.2) is 0 Å². The monoisotopic (exact) mass is 355 g/mol. The number of nitrogens with zero attached hydrogens (tertiary/aromatic N) is 3. The third-order valence-electron chi connectivity index (χ3n) is 6.29. The fraction of sp³-hybridized carbons (Fsp3) is 0.550. The Kier molecular flexibility index (Phi) is 4.53. The minimum Gasteiger partial charge on any atom is -0.334 e. The van der Waals surface area contributed by atoms with Crippen molar-refractivity contribution in [1.29, 1.82) is 0 Å². The summed E-state index contributed by atoms with van der Waals surface area (Å²) in [5.41, 5.74) is 1.10. The Hall–Kier alpha value is -2.21. The minimum atomic E-state index is -0.377. The first-order valence-electron chi connectivity index (χ1n) is 9.58. The van der Waals surface area contributed by atoms with E-state index in [1.807, 2.05) is 13.0 Å². The number of fused-ring (bicyclic) bond motifs is 6. The smallest absolute Gasteiger partial charge is 0.269 e. The summed E-state index contributed by atoms with van der Waals surface area (Å²) in [6.07, 6.45) is 9.44. The molecule has 26 heavy (non-hydrogen) atoms. The van der Waals surface area contributed by atoms with Crippen molar-refractivity contribution in [2.45, 2.75) is 63.2 Å². The van der Waals surface area contributed by atoms with Gasteiger partial charge in [0.2, 0.25) is 5.91 Å². The quantitative estimate of drug-likeness (QED) is 0.601. The van der Waals surface area contributed by atoms with Crippen molar-refractivity contribution in [1.82, 2.24) is 9.80 Å². The third kappa shape index (κ3) is 2.82. The normalized spacial score (nSPS) is 30.3. The number of amides is 1. The topological polar surface area (TPSA) is 66.7 Å². The summed E-state index contributed by atoms with van der Waals surface area (Å²) in [5.74, 6) is 0.315. The Morgan fingerprint density at radius 2 is 1.69 bits per heavy atom. The molecule has 138 valence electrons. The van der Waals surface area contributed by atoms with Crippen LogP contribution >= 0.6 is 0 Å². The van der Waals surface area contributed by atoms with Crippen LogP contribution in [0.15, 0.2) is 30.3 Å². The van der Waals surface area contributed by atoms with Gasteiger partial charge in [0, 0.05) is 49.3 Å². The van der Waals surface area contributed by atoms with Crippen molar-refractivity contribution in [3.05, 3.63) is 46.0 Å². The van der Waals surface area contributed by atoms with Crippen LogP contribution in [0.5, 0.6) is 0 Å².